The van der Waals surface area contributed by atoms with Gasteiger partial charge in [-0.25, -0.2) is 9.82 Å². The third-order valence-corrected chi connectivity index (χ3v) is 5.91. The number of fused-ring (bicyclic) bond motifs is 1. The zero-order valence-electron chi connectivity index (χ0n) is 21.7. The second-order valence-electron chi connectivity index (χ2n) is 8.82. The molecule has 2 amide bonds. The van der Waals surface area contributed by atoms with Crippen LogP contribution in [0.5, 0.6) is 11.5 Å². The van der Waals surface area contributed by atoms with Gasteiger partial charge in [0.15, 0.2) is 0 Å². The van der Waals surface area contributed by atoms with E-state index in [1.54, 1.807) is 36.4 Å². The van der Waals surface area contributed by atoms with Gasteiger partial charge in [-0.15, -0.1) is 0 Å². The maximum atomic E-state index is 13.2. The molecule has 0 aromatic heterocycles. The van der Waals surface area contributed by atoms with Crippen molar-refractivity contribution in [3.8, 4) is 11.5 Å². The molecule has 7 nitrogen and oxygen atoms in total. The molecule has 2 N–H and O–H groups in total. The zero-order valence-corrected chi connectivity index (χ0v) is 21.7. The summed E-state index contributed by atoms with van der Waals surface area (Å²) in [4.78, 5) is 24.7. The normalized spacial score (nSPS) is 10.9. The SMILES string of the molecule is CCCCOc1ccc(C(=O)NCC(=O)NN=Cc2c(OCc3ccc(F)cc3)ccc3ccccc23)cc1. The molecule has 4 rings (SSSR count). The second kappa shape index (κ2) is 13.7. The molecule has 0 bridgehead atoms. The standard InChI is InChI=1S/C31H30FN3O4/c1-2-3-18-38-26-15-10-24(11-16-26)31(37)33-20-30(36)35-34-19-28-27-7-5-4-6-23(27)12-17-29(28)39-21-22-8-13-25(32)14-9-22/h4-17,19H,2-3,18,20-21H2,1H3,(H,33,37)(H,35,36). The number of nitrogens with zero attached hydrogens (tertiary/aromatic N) is 1. The monoisotopic (exact) mass is 527 g/mol. The highest BCUT2D eigenvalue weighted by Crippen LogP contribution is 2.27. The van der Waals surface area contributed by atoms with Crippen LogP contribution in [0.25, 0.3) is 10.8 Å². The number of unbranched alkanes of at least 4 members (excludes halogenated alkanes) is 1. The lowest BCUT2D eigenvalue weighted by Gasteiger charge is -2.12. The molecule has 0 unspecified atom stereocenters. The quantitative estimate of drug-likeness (QED) is 0.142. The molecule has 0 aliphatic carbocycles. The molecule has 0 saturated carbocycles. The van der Waals surface area contributed by atoms with Gasteiger partial charge in [0, 0.05) is 11.1 Å². The van der Waals surface area contributed by atoms with E-state index in [9.17, 15) is 14.0 Å². The van der Waals surface area contributed by atoms with Crippen molar-refractivity contribution in [1.29, 1.82) is 0 Å². The topological polar surface area (TPSA) is 89.0 Å². The van der Waals surface area contributed by atoms with Gasteiger partial charge in [-0.3, -0.25) is 9.59 Å². The van der Waals surface area contributed by atoms with Gasteiger partial charge >= 0.3 is 0 Å². The van der Waals surface area contributed by atoms with Crippen molar-refractivity contribution in [3.05, 3.63) is 107 Å². The van der Waals surface area contributed by atoms with Gasteiger partial charge in [-0.2, -0.15) is 5.10 Å². The summed E-state index contributed by atoms with van der Waals surface area (Å²) in [5, 5.41) is 8.55. The molecular formula is C31H30FN3O4. The average molecular weight is 528 g/mol. The fourth-order valence-corrected chi connectivity index (χ4v) is 3.78. The number of hydrazone groups is 1. The maximum absolute atomic E-state index is 13.2. The number of hydrogen-bond acceptors (Lipinski definition) is 5. The highest BCUT2D eigenvalue weighted by molar-refractivity contribution is 6.03. The van der Waals surface area contributed by atoms with Gasteiger partial charge in [0.05, 0.1) is 19.4 Å². The molecule has 4 aromatic carbocycles. The second-order valence-corrected chi connectivity index (χ2v) is 8.82. The number of carbonyl (C=O) groups is 2. The number of nitrogens with one attached hydrogen (secondary N) is 2. The Bertz CT molecular complexity index is 1440. The van der Waals surface area contributed by atoms with Gasteiger partial charge in [0.25, 0.3) is 11.8 Å². The Balaban J connectivity index is 1.35. The lowest BCUT2D eigenvalue weighted by Crippen LogP contribution is -2.34. The maximum Gasteiger partial charge on any atom is 0.259 e. The number of benzene rings is 4. The predicted molar refractivity (Wildman–Crippen MR) is 150 cm³/mol. The molecule has 0 spiro atoms. The molecule has 39 heavy (non-hydrogen) atoms. The highest BCUT2D eigenvalue weighted by atomic mass is 19.1. The molecule has 200 valence electrons. The van der Waals surface area contributed by atoms with Gasteiger partial charge in [0.1, 0.15) is 23.9 Å². The summed E-state index contributed by atoms with van der Waals surface area (Å²) in [5.41, 5.74) is 4.37. The molecule has 0 aliphatic rings. The average Bonchev–Trinajstić information content (AvgIpc) is 2.96. The number of amides is 2. The summed E-state index contributed by atoms with van der Waals surface area (Å²) in [6, 6.07) is 24.4. The fraction of sp³-hybridized carbons (Fsp3) is 0.194. The minimum atomic E-state index is -0.479. The Morgan fingerprint density at radius 2 is 1.69 bits per heavy atom. The molecule has 0 aliphatic heterocycles. The van der Waals surface area contributed by atoms with Crippen LogP contribution >= 0.6 is 0 Å². The van der Waals surface area contributed by atoms with Crippen LogP contribution in [-0.4, -0.2) is 31.2 Å². The molecule has 8 heteroatoms. The summed E-state index contributed by atoms with van der Waals surface area (Å²) in [5.74, 6) is 0.0930. The molecule has 0 fully saturated rings. The first-order valence-corrected chi connectivity index (χ1v) is 12.8. The number of halogens is 1. The Morgan fingerprint density at radius 3 is 2.46 bits per heavy atom. The van der Waals surface area contributed by atoms with Gasteiger partial charge in [-0.1, -0.05) is 55.8 Å². The molecule has 0 saturated heterocycles. The lowest BCUT2D eigenvalue weighted by molar-refractivity contribution is -0.120. The van der Waals surface area contributed by atoms with Crippen LogP contribution in [0.2, 0.25) is 0 Å². The van der Waals surface area contributed by atoms with E-state index in [0.29, 0.717) is 29.2 Å². The Labute approximate surface area is 226 Å². The summed E-state index contributed by atoms with van der Waals surface area (Å²) in [6.45, 7) is 2.72. The summed E-state index contributed by atoms with van der Waals surface area (Å²) < 4.78 is 24.8. The van der Waals surface area contributed by atoms with E-state index in [4.69, 9.17) is 9.47 Å². The van der Waals surface area contributed by atoms with E-state index in [1.807, 2.05) is 36.4 Å². The van der Waals surface area contributed by atoms with E-state index in [1.165, 1.54) is 18.3 Å². The van der Waals surface area contributed by atoms with Crippen molar-refractivity contribution in [1.82, 2.24) is 10.7 Å². The molecule has 4 aromatic rings. The van der Waals surface area contributed by atoms with E-state index in [2.05, 4.69) is 22.8 Å². The van der Waals surface area contributed by atoms with Crippen LogP contribution in [0.3, 0.4) is 0 Å². The Hall–Kier alpha value is -4.72. The first-order chi connectivity index (χ1) is 19.0. The predicted octanol–water partition coefficient (Wildman–Crippen LogP) is 5.62. The van der Waals surface area contributed by atoms with Gasteiger partial charge in [-0.05, 0) is 65.2 Å². The van der Waals surface area contributed by atoms with Crippen molar-refractivity contribution in [2.45, 2.75) is 26.4 Å². The van der Waals surface area contributed by atoms with Crippen molar-refractivity contribution >= 4 is 28.8 Å². The number of hydrogen-bond donors (Lipinski definition) is 2. The van der Waals surface area contributed by atoms with E-state index >= 15 is 0 Å². The van der Waals surface area contributed by atoms with Crippen LogP contribution in [0.4, 0.5) is 4.39 Å². The van der Waals surface area contributed by atoms with E-state index < -0.39 is 5.91 Å². The zero-order chi connectivity index (χ0) is 27.5. The van der Waals surface area contributed by atoms with Crippen LogP contribution in [0, 0.1) is 5.82 Å². The molecule has 0 radical (unpaired) electrons. The smallest absolute Gasteiger partial charge is 0.259 e. The largest absolute Gasteiger partial charge is 0.494 e. The first-order valence-electron chi connectivity index (χ1n) is 12.8. The van der Waals surface area contributed by atoms with Crippen molar-refractivity contribution in [3.63, 3.8) is 0 Å². The van der Waals surface area contributed by atoms with E-state index in [0.717, 1.165) is 29.2 Å². The van der Waals surface area contributed by atoms with Gasteiger partial charge < -0.3 is 14.8 Å². The van der Waals surface area contributed by atoms with Crippen LogP contribution in [0.1, 0.15) is 41.3 Å². The fourth-order valence-electron chi connectivity index (χ4n) is 3.78. The van der Waals surface area contributed by atoms with Gasteiger partial charge in [0.2, 0.25) is 0 Å². The Morgan fingerprint density at radius 1 is 0.923 bits per heavy atom. The first kappa shape index (κ1) is 27.3. The minimum Gasteiger partial charge on any atom is -0.494 e. The van der Waals surface area contributed by atoms with Crippen molar-refractivity contribution in [2.24, 2.45) is 5.10 Å². The number of ether oxygens (including phenoxy) is 2. The number of rotatable bonds is 12. The van der Waals surface area contributed by atoms with Crippen LogP contribution in [-0.2, 0) is 11.4 Å². The summed E-state index contributed by atoms with van der Waals surface area (Å²) in [7, 11) is 0. The third kappa shape index (κ3) is 7.88. The van der Waals surface area contributed by atoms with Crippen molar-refractivity contribution < 1.29 is 23.5 Å². The minimum absolute atomic E-state index is 0.240. The molecular weight excluding hydrogens is 497 g/mol. The van der Waals surface area contributed by atoms with Crippen LogP contribution in [0.15, 0.2) is 90.0 Å². The van der Waals surface area contributed by atoms with E-state index in [-0.39, 0.29) is 24.9 Å². The molecule has 0 heterocycles. The lowest BCUT2D eigenvalue weighted by atomic mass is 10.0. The van der Waals surface area contributed by atoms with Crippen molar-refractivity contribution in [2.75, 3.05) is 13.2 Å². The highest BCUT2D eigenvalue weighted by Gasteiger charge is 2.10. The molecule has 0 atom stereocenters. The third-order valence-electron chi connectivity index (χ3n) is 5.91. The Kier molecular flexibility index (Phi) is 9.61. The number of carbonyl (C=O) groups excluding carboxylic acids is 2. The summed E-state index contributed by atoms with van der Waals surface area (Å²) in [6.07, 6.45) is 3.52. The summed E-state index contributed by atoms with van der Waals surface area (Å²) >= 11 is 0. The van der Waals surface area contributed by atoms with Crippen LogP contribution < -0.4 is 20.2 Å².